The van der Waals surface area contributed by atoms with Gasteiger partial charge in [-0.2, -0.15) is 13.2 Å². The summed E-state index contributed by atoms with van der Waals surface area (Å²) >= 11 is 0. The lowest BCUT2D eigenvalue weighted by atomic mass is 10.0. The molecule has 0 amide bonds. The fraction of sp³-hybridized carbons (Fsp3) is 0.571. The summed E-state index contributed by atoms with van der Waals surface area (Å²) in [5, 5.41) is 7.99. The van der Waals surface area contributed by atoms with Crippen LogP contribution in [0.15, 0.2) is 11.4 Å². The van der Waals surface area contributed by atoms with Gasteiger partial charge in [-0.05, 0) is 6.92 Å². The average molecular weight is 254 g/mol. The molecule has 0 aromatic carbocycles. The zero-order valence-corrected chi connectivity index (χ0v) is 7.58. The smallest absolute Gasteiger partial charge is 0.426 e. The van der Waals surface area contributed by atoms with E-state index in [4.69, 9.17) is 5.11 Å². The predicted molar refractivity (Wildman–Crippen MR) is 37.3 cm³/mol. The van der Waals surface area contributed by atoms with Crippen LogP contribution in [-0.4, -0.2) is 29.3 Å². The molecule has 0 aliphatic heterocycles. The topological polar surface area (TPSA) is 37.3 Å². The van der Waals surface area contributed by atoms with Gasteiger partial charge in [-0.1, -0.05) is 0 Å². The summed E-state index contributed by atoms with van der Waals surface area (Å²) in [4.78, 5) is 10.0. The first-order valence-corrected chi connectivity index (χ1v) is 3.60. The molecule has 0 aliphatic carbocycles. The Kier molecular flexibility index (Phi) is 3.96. The van der Waals surface area contributed by atoms with Crippen LogP contribution in [0.3, 0.4) is 0 Å². The Morgan fingerprint density at radius 3 is 1.75 bits per heavy atom. The van der Waals surface area contributed by atoms with Crippen molar-refractivity contribution in [1.29, 1.82) is 0 Å². The maximum atomic E-state index is 12.8. The van der Waals surface area contributed by atoms with Gasteiger partial charge in [0.15, 0.2) is 11.4 Å². The number of carboxylic acids is 1. The largest absolute Gasteiger partial charge is 0.478 e. The molecule has 94 valence electrons. The molecule has 0 aromatic heterocycles. The lowest BCUT2D eigenvalue weighted by Gasteiger charge is -2.19. The SMILES string of the molecule is CC(F)(C(F)=C(C(=O)O)C(F)(F)F)C(F)F. The molecule has 0 radical (unpaired) electrons. The van der Waals surface area contributed by atoms with Gasteiger partial charge in [0, 0.05) is 0 Å². The molecule has 0 rings (SSSR count). The molecular formula is C7H5F7O2. The molecule has 0 aliphatic rings. The third-order valence-electron chi connectivity index (χ3n) is 1.56. The monoisotopic (exact) mass is 254 g/mol. The Balaban J connectivity index is 5.74. The molecule has 0 spiro atoms. The summed E-state index contributed by atoms with van der Waals surface area (Å²) in [5.74, 6) is -5.92. The number of rotatable bonds is 3. The number of aliphatic carboxylic acids is 1. The van der Waals surface area contributed by atoms with Gasteiger partial charge in [0.2, 0.25) is 5.67 Å². The summed E-state index contributed by atoms with van der Waals surface area (Å²) in [6.45, 7) is -0.179. The van der Waals surface area contributed by atoms with Crippen molar-refractivity contribution < 1.29 is 40.6 Å². The highest BCUT2D eigenvalue weighted by molar-refractivity contribution is 5.89. The van der Waals surface area contributed by atoms with Crippen molar-refractivity contribution in [2.45, 2.75) is 25.2 Å². The van der Waals surface area contributed by atoms with Crippen molar-refractivity contribution >= 4 is 5.97 Å². The molecule has 0 saturated carbocycles. The molecular weight excluding hydrogens is 249 g/mol. The molecule has 1 atom stereocenters. The number of hydrogen-bond acceptors (Lipinski definition) is 1. The third-order valence-corrected chi connectivity index (χ3v) is 1.56. The van der Waals surface area contributed by atoms with Crippen LogP contribution in [-0.2, 0) is 4.79 Å². The number of alkyl halides is 6. The van der Waals surface area contributed by atoms with Gasteiger partial charge in [0.25, 0.3) is 6.43 Å². The Labute approximate surface area is 84.4 Å². The second-order valence-corrected chi connectivity index (χ2v) is 2.87. The molecule has 0 fully saturated rings. The van der Waals surface area contributed by atoms with E-state index in [0.29, 0.717) is 0 Å². The van der Waals surface area contributed by atoms with Crippen LogP contribution in [0.1, 0.15) is 6.92 Å². The van der Waals surface area contributed by atoms with Crippen LogP contribution in [0.2, 0.25) is 0 Å². The number of halogens is 7. The van der Waals surface area contributed by atoms with E-state index in [-0.39, 0.29) is 6.92 Å². The van der Waals surface area contributed by atoms with Crippen molar-refractivity contribution in [3.8, 4) is 0 Å². The van der Waals surface area contributed by atoms with E-state index in [1.165, 1.54) is 0 Å². The van der Waals surface area contributed by atoms with E-state index in [2.05, 4.69) is 0 Å². The van der Waals surface area contributed by atoms with E-state index in [1.807, 2.05) is 0 Å². The molecule has 1 N–H and O–H groups in total. The zero-order valence-electron chi connectivity index (χ0n) is 7.58. The maximum absolute atomic E-state index is 12.8. The van der Waals surface area contributed by atoms with Gasteiger partial charge in [-0.25, -0.2) is 22.4 Å². The molecule has 9 heteroatoms. The van der Waals surface area contributed by atoms with Gasteiger partial charge in [0.1, 0.15) is 0 Å². The second-order valence-electron chi connectivity index (χ2n) is 2.87. The van der Waals surface area contributed by atoms with Crippen molar-refractivity contribution in [3.63, 3.8) is 0 Å². The Bertz CT molecular complexity index is 315. The Morgan fingerprint density at radius 2 is 1.56 bits per heavy atom. The minimum Gasteiger partial charge on any atom is -0.478 e. The number of hydrogen-bond donors (Lipinski definition) is 1. The van der Waals surface area contributed by atoms with Gasteiger partial charge in [-0.3, -0.25) is 0 Å². The standard InChI is InChI=1S/C7H5F7O2/c1-6(11,5(9)10)3(8)2(4(15)16)7(12,13)14/h5H,1H3,(H,15,16). The summed E-state index contributed by atoms with van der Waals surface area (Å²) in [7, 11) is 0. The van der Waals surface area contributed by atoms with Crippen LogP contribution in [0.25, 0.3) is 0 Å². The van der Waals surface area contributed by atoms with Gasteiger partial charge in [0.05, 0.1) is 0 Å². The lowest BCUT2D eigenvalue weighted by molar-refractivity contribution is -0.146. The quantitative estimate of drug-likeness (QED) is 0.621. The molecule has 16 heavy (non-hydrogen) atoms. The van der Waals surface area contributed by atoms with Crippen LogP contribution < -0.4 is 0 Å². The number of allylic oxidation sites excluding steroid dienone is 1. The van der Waals surface area contributed by atoms with E-state index >= 15 is 0 Å². The summed E-state index contributed by atoms with van der Waals surface area (Å²) in [6.07, 6.45) is -9.89. The Morgan fingerprint density at radius 1 is 1.19 bits per heavy atom. The fourth-order valence-electron chi connectivity index (χ4n) is 0.680. The third kappa shape index (κ3) is 2.86. The normalized spacial score (nSPS) is 18.1. The predicted octanol–water partition coefficient (Wildman–Crippen LogP) is 2.85. The maximum Gasteiger partial charge on any atom is 0.426 e. The highest BCUT2D eigenvalue weighted by atomic mass is 19.4. The Hall–Kier alpha value is -1.28. The first-order chi connectivity index (χ1) is 6.92. The first-order valence-electron chi connectivity index (χ1n) is 3.60. The van der Waals surface area contributed by atoms with Crippen LogP contribution in [0.4, 0.5) is 30.7 Å². The van der Waals surface area contributed by atoms with Gasteiger partial charge < -0.3 is 5.11 Å². The molecule has 0 heterocycles. The van der Waals surface area contributed by atoms with Crippen molar-refractivity contribution in [2.75, 3.05) is 0 Å². The lowest BCUT2D eigenvalue weighted by Crippen LogP contribution is -2.34. The summed E-state index contributed by atoms with van der Waals surface area (Å²) in [6, 6.07) is 0. The minimum atomic E-state index is -5.77. The van der Waals surface area contributed by atoms with Crippen molar-refractivity contribution in [2.24, 2.45) is 0 Å². The van der Waals surface area contributed by atoms with Crippen molar-refractivity contribution in [3.05, 3.63) is 11.4 Å². The molecule has 2 nitrogen and oxygen atoms in total. The second kappa shape index (κ2) is 4.30. The summed E-state index contributed by atoms with van der Waals surface area (Å²) in [5.41, 5.74) is -7.28. The first kappa shape index (κ1) is 14.7. The molecule has 0 bridgehead atoms. The van der Waals surface area contributed by atoms with Gasteiger partial charge in [-0.15, -0.1) is 0 Å². The van der Waals surface area contributed by atoms with Crippen LogP contribution in [0.5, 0.6) is 0 Å². The molecule has 0 aromatic rings. The fourth-order valence-corrected chi connectivity index (χ4v) is 0.680. The van der Waals surface area contributed by atoms with Crippen LogP contribution in [0, 0.1) is 0 Å². The number of carbonyl (C=O) groups is 1. The highest BCUT2D eigenvalue weighted by Gasteiger charge is 2.51. The molecule has 0 saturated heterocycles. The van der Waals surface area contributed by atoms with E-state index in [9.17, 15) is 35.5 Å². The van der Waals surface area contributed by atoms with Crippen molar-refractivity contribution in [1.82, 2.24) is 0 Å². The van der Waals surface area contributed by atoms with Gasteiger partial charge >= 0.3 is 12.1 Å². The number of carboxylic acid groups (broad SMARTS) is 1. The van der Waals surface area contributed by atoms with E-state index < -0.39 is 35.6 Å². The minimum absolute atomic E-state index is 0.179. The zero-order chi connectivity index (χ0) is 13.3. The summed E-state index contributed by atoms with van der Waals surface area (Å²) < 4.78 is 85.1. The molecule has 1 unspecified atom stereocenters. The average Bonchev–Trinajstić information content (AvgIpc) is 1.99. The van der Waals surface area contributed by atoms with E-state index in [1.54, 1.807) is 0 Å². The highest BCUT2D eigenvalue weighted by Crippen LogP contribution is 2.38. The van der Waals surface area contributed by atoms with E-state index in [0.717, 1.165) is 0 Å². The van der Waals surface area contributed by atoms with Crippen LogP contribution >= 0.6 is 0 Å².